The molecule has 1 rings (SSSR count). The molecule has 0 spiro atoms. The third-order valence-electron chi connectivity index (χ3n) is 2.03. The molecule has 2 nitrogen and oxygen atoms in total. The summed E-state index contributed by atoms with van der Waals surface area (Å²) in [6.45, 7) is 4.27. The van der Waals surface area contributed by atoms with Gasteiger partial charge in [-0.1, -0.05) is 11.6 Å². The Morgan fingerprint density at radius 3 is 2.13 bits per heavy atom. The molecule has 0 N–H and O–H groups in total. The van der Waals surface area contributed by atoms with E-state index in [1.807, 2.05) is 0 Å². The van der Waals surface area contributed by atoms with Crippen molar-refractivity contribution in [2.24, 2.45) is 0 Å². The minimum absolute atomic E-state index is 0.348. The van der Waals surface area contributed by atoms with E-state index in [0.29, 0.717) is 13.1 Å². The molecule has 0 aromatic carbocycles. The average Bonchev–Trinajstić information content (AvgIpc) is 2.24. The Morgan fingerprint density at radius 2 is 1.67 bits per heavy atom. The molecule has 0 amide bonds. The van der Waals surface area contributed by atoms with Gasteiger partial charge >= 0.3 is 0 Å². The van der Waals surface area contributed by atoms with Crippen LogP contribution in [-0.4, -0.2) is 18.1 Å². The molecule has 0 aliphatic heterocycles. The summed E-state index contributed by atoms with van der Waals surface area (Å²) in [4.78, 5) is 4.69. The van der Waals surface area contributed by atoms with Gasteiger partial charge in [0.2, 0.25) is 11.8 Å². The number of aromatic nitrogens is 1. The lowest BCUT2D eigenvalue weighted by atomic mass is 10.3. The second kappa shape index (κ2) is 4.70. The molecule has 1 aromatic rings. The smallest absolute Gasteiger partial charge is 0.236 e. The fourth-order valence-electron chi connectivity index (χ4n) is 1.21. The quantitative estimate of drug-likeness (QED) is 0.753. The molecule has 0 fully saturated rings. The SMILES string of the molecule is CCN(CC)c1nc(F)c(Cl)c(F)c1F. The van der Waals surface area contributed by atoms with E-state index < -0.39 is 22.6 Å². The van der Waals surface area contributed by atoms with E-state index in [0.717, 1.165) is 0 Å². The van der Waals surface area contributed by atoms with Crippen LogP contribution in [-0.2, 0) is 0 Å². The molecule has 6 heteroatoms. The second-order valence-electron chi connectivity index (χ2n) is 2.84. The third kappa shape index (κ3) is 2.17. The molecule has 0 unspecified atom stereocenters. The summed E-state index contributed by atoms with van der Waals surface area (Å²) in [6.07, 6.45) is 0. The maximum absolute atomic E-state index is 13.3. The van der Waals surface area contributed by atoms with Gasteiger partial charge in [0.15, 0.2) is 11.6 Å². The van der Waals surface area contributed by atoms with Gasteiger partial charge in [-0.3, -0.25) is 0 Å². The summed E-state index contributed by atoms with van der Waals surface area (Å²) in [6, 6.07) is 0. The van der Waals surface area contributed by atoms with Crippen molar-refractivity contribution >= 4 is 17.4 Å². The monoisotopic (exact) mass is 238 g/mol. The summed E-state index contributed by atoms with van der Waals surface area (Å²) in [5.41, 5.74) is 0. The van der Waals surface area contributed by atoms with Crippen LogP contribution in [0.5, 0.6) is 0 Å². The third-order valence-corrected chi connectivity index (χ3v) is 2.35. The first-order valence-electron chi connectivity index (χ1n) is 4.47. The molecule has 15 heavy (non-hydrogen) atoms. The minimum Gasteiger partial charge on any atom is -0.355 e. The Hall–Kier alpha value is -0.970. The highest BCUT2D eigenvalue weighted by Gasteiger charge is 2.21. The molecule has 0 aliphatic rings. The molecule has 0 saturated heterocycles. The van der Waals surface area contributed by atoms with Gasteiger partial charge in [0.1, 0.15) is 5.02 Å². The van der Waals surface area contributed by atoms with Crippen molar-refractivity contribution < 1.29 is 13.2 Å². The molecule has 0 saturated carbocycles. The first-order chi connectivity index (χ1) is 7.02. The number of nitrogens with zero attached hydrogens (tertiary/aromatic N) is 2. The fourth-order valence-corrected chi connectivity index (χ4v) is 1.33. The molecular formula is C9H10ClF3N2. The summed E-state index contributed by atoms with van der Waals surface area (Å²) in [5.74, 6) is -4.16. The van der Waals surface area contributed by atoms with Crippen LogP contribution < -0.4 is 4.90 Å². The summed E-state index contributed by atoms with van der Waals surface area (Å²) >= 11 is 5.17. The lowest BCUT2D eigenvalue weighted by molar-refractivity contribution is 0.477. The molecule has 0 radical (unpaired) electrons. The predicted octanol–water partition coefficient (Wildman–Crippen LogP) is 3.00. The molecule has 1 heterocycles. The van der Waals surface area contributed by atoms with Crippen molar-refractivity contribution in [1.82, 2.24) is 4.98 Å². The van der Waals surface area contributed by atoms with Gasteiger partial charge in [0, 0.05) is 13.1 Å². The molecule has 0 aliphatic carbocycles. The second-order valence-corrected chi connectivity index (χ2v) is 3.22. The van der Waals surface area contributed by atoms with Gasteiger partial charge in [-0.05, 0) is 13.8 Å². The summed E-state index contributed by atoms with van der Waals surface area (Å²) in [5, 5.41) is -0.914. The topological polar surface area (TPSA) is 16.1 Å². The maximum atomic E-state index is 13.3. The highest BCUT2D eigenvalue weighted by molar-refractivity contribution is 6.30. The number of anilines is 1. The van der Waals surface area contributed by atoms with Crippen LogP contribution in [0.1, 0.15) is 13.8 Å². The van der Waals surface area contributed by atoms with Gasteiger partial charge in [0.05, 0.1) is 0 Å². The van der Waals surface area contributed by atoms with Gasteiger partial charge < -0.3 is 4.90 Å². The first kappa shape index (κ1) is 12.1. The number of pyridine rings is 1. The van der Waals surface area contributed by atoms with Crippen LogP contribution in [0.4, 0.5) is 19.0 Å². The Kier molecular flexibility index (Phi) is 3.79. The number of hydrogen-bond donors (Lipinski definition) is 0. The zero-order chi connectivity index (χ0) is 11.6. The lowest BCUT2D eigenvalue weighted by Gasteiger charge is -2.20. The average molecular weight is 239 g/mol. The van der Waals surface area contributed by atoms with E-state index in [2.05, 4.69) is 4.98 Å². The van der Waals surface area contributed by atoms with E-state index in [1.165, 1.54) is 4.90 Å². The number of rotatable bonds is 3. The summed E-state index contributed by atoms with van der Waals surface area (Å²) < 4.78 is 39.4. The Labute approximate surface area is 90.7 Å². The van der Waals surface area contributed by atoms with Crippen molar-refractivity contribution in [2.75, 3.05) is 18.0 Å². The van der Waals surface area contributed by atoms with Crippen molar-refractivity contribution in [1.29, 1.82) is 0 Å². The number of hydrogen-bond acceptors (Lipinski definition) is 2. The van der Waals surface area contributed by atoms with E-state index in [4.69, 9.17) is 11.6 Å². The summed E-state index contributed by atoms with van der Waals surface area (Å²) in [7, 11) is 0. The van der Waals surface area contributed by atoms with E-state index in [-0.39, 0.29) is 5.82 Å². The molecule has 0 atom stereocenters. The van der Waals surface area contributed by atoms with Gasteiger partial charge in [-0.2, -0.15) is 13.8 Å². The largest absolute Gasteiger partial charge is 0.355 e. The van der Waals surface area contributed by atoms with Gasteiger partial charge in [-0.15, -0.1) is 0 Å². The molecule has 1 aromatic heterocycles. The minimum atomic E-state index is -1.40. The van der Waals surface area contributed by atoms with Crippen LogP contribution >= 0.6 is 11.6 Å². The Morgan fingerprint density at radius 1 is 1.13 bits per heavy atom. The van der Waals surface area contributed by atoms with E-state index in [1.54, 1.807) is 13.8 Å². The highest BCUT2D eigenvalue weighted by atomic mass is 35.5. The van der Waals surface area contributed by atoms with E-state index >= 15 is 0 Å². The highest BCUT2D eigenvalue weighted by Crippen LogP contribution is 2.26. The standard InChI is InChI=1S/C9H10ClF3N2/c1-3-15(4-2)9-7(12)6(11)5(10)8(13)14-9/h3-4H2,1-2H3. The zero-order valence-corrected chi connectivity index (χ0v) is 9.08. The van der Waals surface area contributed by atoms with Crippen LogP contribution in [0.25, 0.3) is 0 Å². The Bertz CT molecular complexity index is 367. The number of halogens is 4. The normalized spacial score (nSPS) is 10.5. The van der Waals surface area contributed by atoms with Crippen LogP contribution in [0.3, 0.4) is 0 Å². The van der Waals surface area contributed by atoms with Crippen molar-refractivity contribution in [2.45, 2.75) is 13.8 Å². The van der Waals surface area contributed by atoms with Crippen LogP contribution in [0.2, 0.25) is 5.02 Å². The fraction of sp³-hybridized carbons (Fsp3) is 0.444. The lowest BCUT2D eigenvalue weighted by Crippen LogP contribution is -2.25. The van der Waals surface area contributed by atoms with E-state index in [9.17, 15) is 13.2 Å². The maximum Gasteiger partial charge on any atom is 0.236 e. The molecule has 0 bridgehead atoms. The van der Waals surface area contributed by atoms with Gasteiger partial charge in [-0.25, -0.2) is 4.39 Å². The zero-order valence-electron chi connectivity index (χ0n) is 8.32. The predicted molar refractivity (Wildman–Crippen MR) is 52.7 cm³/mol. The van der Waals surface area contributed by atoms with Crippen molar-refractivity contribution in [3.8, 4) is 0 Å². The van der Waals surface area contributed by atoms with Gasteiger partial charge in [0.25, 0.3) is 0 Å². The molecular weight excluding hydrogens is 229 g/mol. The van der Waals surface area contributed by atoms with Crippen molar-refractivity contribution in [3.63, 3.8) is 0 Å². The van der Waals surface area contributed by atoms with Crippen molar-refractivity contribution in [3.05, 3.63) is 22.6 Å². The Balaban J connectivity index is 3.31. The van der Waals surface area contributed by atoms with Crippen LogP contribution in [0, 0.1) is 17.6 Å². The molecule has 84 valence electrons. The first-order valence-corrected chi connectivity index (χ1v) is 4.85. The van der Waals surface area contributed by atoms with Crippen LogP contribution in [0.15, 0.2) is 0 Å².